The predicted octanol–water partition coefficient (Wildman–Crippen LogP) is 4.52. The molecule has 1 unspecified atom stereocenters. The predicted molar refractivity (Wildman–Crippen MR) is 89.0 cm³/mol. The highest BCUT2D eigenvalue weighted by Crippen LogP contribution is 2.30. The zero-order valence-corrected chi connectivity index (χ0v) is 15.1. The summed E-state index contributed by atoms with van der Waals surface area (Å²) in [5.41, 5.74) is 1.25. The first-order chi connectivity index (χ1) is 8.39. The number of methoxy groups -OCH3 is 1. The van der Waals surface area contributed by atoms with Crippen LogP contribution in [-0.2, 0) is 4.74 Å². The molecule has 1 rings (SSSR count). The SMILES string of the molecule is CNC(CCC(C)(C)OC)c1cc(I)ccc1Br. The van der Waals surface area contributed by atoms with Crippen LogP contribution in [0, 0.1) is 3.57 Å². The second-order valence-electron chi connectivity index (χ2n) is 5.01. The number of ether oxygens (including phenoxy) is 1. The van der Waals surface area contributed by atoms with Gasteiger partial charge in [-0.25, -0.2) is 0 Å². The van der Waals surface area contributed by atoms with Gasteiger partial charge in [0.25, 0.3) is 0 Å². The lowest BCUT2D eigenvalue weighted by Gasteiger charge is -2.26. The van der Waals surface area contributed by atoms with Crippen molar-refractivity contribution in [1.29, 1.82) is 0 Å². The standard InChI is InChI=1S/C14H21BrINO/c1-14(2,18-4)8-7-13(17-3)11-9-10(16)5-6-12(11)15/h5-6,9,13,17H,7-8H2,1-4H3. The Balaban J connectivity index is 2.80. The molecule has 0 heterocycles. The lowest BCUT2D eigenvalue weighted by molar-refractivity contribution is 0.0118. The monoisotopic (exact) mass is 425 g/mol. The average molecular weight is 426 g/mol. The number of hydrogen-bond donors (Lipinski definition) is 1. The number of nitrogens with one attached hydrogen (secondary N) is 1. The highest BCUT2D eigenvalue weighted by molar-refractivity contribution is 14.1. The molecular formula is C14H21BrINO. The van der Waals surface area contributed by atoms with Crippen LogP contribution in [0.25, 0.3) is 0 Å². The van der Waals surface area contributed by atoms with Gasteiger partial charge in [-0.1, -0.05) is 15.9 Å². The van der Waals surface area contributed by atoms with Gasteiger partial charge in [0.15, 0.2) is 0 Å². The first-order valence-corrected chi connectivity index (χ1v) is 7.94. The molecule has 4 heteroatoms. The van der Waals surface area contributed by atoms with Gasteiger partial charge in [0, 0.05) is 21.2 Å². The lowest BCUT2D eigenvalue weighted by Crippen LogP contribution is -2.26. The highest BCUT2D eigenvalue weighted by atomic mass is 127. The van der Waals surface area contributed by atoms with Crippen molar-refractivity contribution in [3.63, 3.8) is 0 Å². The largest absolute Gasteiger partial charge is 0.379 e. The Hall–Kier alpha value is 0.350. The maximum atomic E-state index is 5.48. The summed E-state index contributed by atoms with van der Waals surface area (Å²) in [5, 5.41) is 3.39. The van der Waals surface area contributed by atoms with Crippen LogP contribution < -0.4 is 5.32 Å². The summed E-state index contributed by atoms with van der Waals surface area (Å²) < 4.78 is 7.91. The van der Waals surface area contributed by atoms with Crippen LogP contribution >= 0.6 is 38.5 Å². The van der Waals surface area contributed by atoms with E-state index in [-0.39, 0.29) is 5.60 Å². The van der Waals surface area contributed by atoms with E-state index in [9.17, 15) is 0 Å². The van der Waals surface area contributed by atoms with E-state index in [4.69, 9.17) is 4.74 Å². The van der Waals surface area contributed by atoms with Gasteiger partial charge >= 0.3 is 0 Å². The minimum atomic E-state index is -0.0660. The third-order valence-corrected chi connectivity index (χ3v) is 4.66. The fourth-order valence-corrected chi connectivity index (χ4v) is 2.87. The molecule has 1 N–H and O–H groups in total. The molecule has 0 aliphatic carbocycles. The number of rotatable bonds is 6. The minimum Gasteiger partial charge on any atom is -0.379 e. The normalized spacial score (nSPS) is 13.7. The highest BCUT2D eigenvalue weighted by Gasteiger charge is 2.20. The molecule has 0 aliphatic rings. The number of benzene rings is 1. The fourth-order valence-electron chi connectivity index (χ4n) is 1.83. The van der Waals surface area contributed by atoms with Crippen molar-refractivity contribution in [2.45, 2.75) is 38.3 Å². The van der Waals surface area contributed by atoms with Gasteiger partial charge in [-0.15, -0.1) is 0 Å². The van der Waals surface area contributed by atoms with E-state index in [1.54, 1.807) is 7.11 Å². The smallest absolute Gasteiger partial charge is 0.0623 e. The van der Waals surface area contributed by atoms with Gasteiger partial charge in [-0.3, -0.25) is 0 Å². The Kier molecular flexibility index (Phi) is 6.58. The Morgan fingerprint density at radius 2 is 2.11 bits per heavy atom. The van der Waals surface area contributed by atoms with E-state index < -0.39 is 0 Å². The first kappa shape index (κ1) is 16.4. The summed E-state index contributed by atoms with van der Waals surface area (Å²) in [7, 11) is 3.78. The van der Waals surface area contributed by atoms with Gasteiger partial charge in [0.2, 0.25) is 0 Å². The van der Waals surface area contributed by atoms with Crippen molar-refractivity contribution in [2.24, 2.45) is 0 Å². The van der Waals surface area contributed by atoms with Gasteiger partial charge in [0.05, 0.1) is 5.60 Å². The Morgan fingerprint density at radius 1 is 1.44 bits per heavy atom. The molecule has 0 bridgehead atoms. The number of hydrogen-bond acceptors (Lipinski definition) is 2. The van der Waals surface area contributed by atoms with Gasteiger partial charge in [0.1, 0.15) is 0 Å². The molecule has 0 aromatic heterocycles. The summed E-state index contributed by atoms with van der Waals surface area (Å²) in [4.78, 5) is 0. The van der Waals surface area contributed by atoms with E-state index in [1.165, 1.54) is 9.13 Å². The van der Waals surface area contributed by atoms with Crippen LogP contribution in [-0.4, -0.2) is 19.8 Å². The third-order valence-electron chi connectivity index (χ3n) is 3.27. The molecule has 0 aliphatic heterocycles. The summed E-state index contributed by atoms with van der Waals surface area (Å²) in [6.07, 6.45) is 2.07. The molecular weight excluding hydrogens is 405 g/mol. The molecule has 0 saturated heterocycles. The van der Waals surface area contributed by atoms with E-state index in [1.807, 2.05) is 7.05 Å². The Bertz CT molecular complexity index is 395. The molecule has 102 valence electrons. The van der Waals surface area contributed by atoms with E-state index in [0.29, 0.717) is 6.04 Å². The molecule has 0 radical (unpaired) electrons. The molecule has 1 aromatic carbocycles. The first-order valence-electron chi connectivity index (χ1n) is 6.07. The molecule has 1 aromatic rings. The van der Waals surface area contributed by atoms with Gasteiger partial charge in [-0.2, -0.15) is 0 Å². The topological polar surface area (TPSA) is 21.3 Å². The second-order valence-corrected chi connectivity index (χ2v) is 7.11. The van der Waals surface area contributed by atoms with Crippen LogP contribution in [0.1, 0.15) is 38.3 Å². The maximum Gasteiger partial charge on any atom is 0.0623 e. The zero-order chi connectivity index (χ0) is 13.8. The average Bonchev–Trinajstić information content (AvgIpc) is 2.34. The van der Waals surface area contributed by atoms with Crippen molar-refractivity contribution in [3.05, 3.63) is 31.8 Å². The van der Waals surface area contributed by atoms with E-state index in [0.717, 1.165) is 17.3 Å². The fraction of sp³-hybridized carbons (Fsp3) is 0.571. The van der Waals surface area contributed by atoms with Crippen molar-refractivity contribution in [3.8, 4) is 0 Å². The third kappa shape index (κ3) is 4.79. The van der Waals surface area contributed by atoms with Crippen molar-refractivity contribution < 1.29 is 4.74 Å². The van der Waals surface area contributed by atoms with Crippen LogP contribution in [0.3, 0.4) is 0 Å². The Morgan fingerprint density at radius 3 is 2.67 bits per heavy atom. The number of halogens is 2. The van der Waals surface area contributed by atoms with Crippen LogP contribution in [0.2, 0.25) is 0 Å². The van der Waals surface area contributed by atoms with E-state index in [2.05, 4.69) is 75.9 Å². The van der Waals surface area contributed by atoms with Gasteiger partial charge < -0.3 is 10.1 Å². The minimum absolute atomic E-state index is 0.0660. The van der Waals surface area contributed by atoms with Crippen molar-refractivity contribution in [2.75, 3.05) is 14.2 Å². The quantitative estimate of drug-likeness (QED) is 0.676. The molecule has 0 fully saturated rings. The second kappa shape index (κ2) is 7.22. The zero-order valence-electron chi connectivity index (χ0n) is 11.4. The van der Waals surface area contributed by atoms with Gasteiger partial charge in [-0.05, 0) is 80.1 Å². The summed E-state index contributed by atoms with van der Waals surface area (Å²) >= 11 is 5.99. The molecule has 0 spiro atoms. The summed E-state index contributed by atoms with van der Waals surface area (Å²) in [6.45, 7) is 4.26. The van der Waals surface area contributed by atoms with Crippen molar-refractivity contribution in [1.82, 2.24) is 5.32 Å². The maximum absolute atomic E-state index is 5.48. The molecule has 18 heavy (non-hydrogen) atoms. The Labute approximate surface area is 132 Å². The van der Waals surface area contributed by atoms with Crippen LogP contribution in [0.4, 0.5) is 0 Å². The van der Waals surface area contributed by atoms with Crippen LogP contribution in [0.15, 0.2) is 22.7 Å². The molecule has 0 amide bonds. The van der Waals surface area contributed by atoms with Crippen LogP contribution in [0.5, 0.6) is 0 Å². The summed E-state index contributed by atoms with van der Waals surface area (Å²) in [6, 6.07) is 6.80. The molecule has 0 saturated carbocycles. The van der Waals surface area contributed by atoms with Crippen molar-refractivity contribution >= 4 is 38.5 Å². The van der Waals surface area contributed by atoms with E-state index >= 15 is 0 Å². The molecule has 1 atom stereocenters. The molecule has 2 nitrogen and oxygen atoms in total. The lowest BCUT2D eigenvalue weighted by atomic mass is 9.95. The summed E-state index contributed by atoms with van der Waals surface area (Å²) in [5.74, 6) is 0.